The van der Waals surface area contributed by atoms with Crippen LogP contribution in [0.1, 0.15) is 19.0 Å². The fourth-order valence-electron chi connectivity index (χ4n) is 2.57. The summed E-state index contributed by atoms with van der Waals surface area (Å²) in [6, 6.07) is 0.149. The van der Waals surface area contributed by atoms with Gasteiger partial charge >= 0.3 is 0 Å². The Bertz CT molecular complexity index is 430. The van der Waals surface area contributed by atoms with Crippen LogP contribution >= 0.6 is 15.9 Å². The first-order valence-corrected chi connectivity index (χ1v) is 7.58. The van der Waals surface area contributed by atoms with Crippen LogP contribution in [0.5, 0.6) is 0 Å². The largest absolute Gasteiger partial charge is 0.384 e. The van der Waals surface area contributed by atoms with Crippen molar-refractivity contribution in [3.63, 3.8) is 0 Å². The number of halogens is 1. The Kier molecular flexibility index (Phi) is 5.57. The molecule has 2 heterocycles. The predicted molar refractivity (Wildman–Crippen MR) is 78.6 cm³/mol. The molecule has 2 atom stereocenters. The van der Waals surface area contributed by atoms with E-state index in [0.717, 1.165) is 23.3 Å². The van der Waals surface area contributed by atoms with Crippen molar-refractivity contribution in [1.82, 2.24) is 15.1 Å². The Morgan fingerprint density at radius 2 is 2.50 bits per heavy atom. The molecule has 0 aliphatic carbocycles. The third-order valence-electron chi connectivity index (χ3n) is 3.45. The summed E-state index contributed by atoms with van der Waals surface area (Å²) in [6.07, 6.45) is 2.29. The van der Waals surface area contributed by atoms with E-state index in [9.17, 15) is 5.11 Å². The molecule has 2 rings (SSSR count). The minimum absolute atomic E-state index is 0.149. The van der Waals surface area contributed by atoms with E-state index in [0.29, 0.717) is 26.2 Å². The Morgan fingerprint density at radius 1 is 1.70 bits per heavy atom. The number of methoxy groups -OCH3 is 1. The zero-order valence-corrected chi connectivity index (χ0v) is 13.5. The molecule has 20 heavy (non-hydrogen) atoms. The molecule has 1 aromatic rings. The standard InChI is InChI=1S/C13H22BrN3O3/c1-13(18,7-10-9-20-5-3-15-10)12-11(14)8-16-17(12)4-6-19-2/h8,10,15,18H,3-7,9H2,1-2H3. The minimum Gasteiger partial charge on any atom is -0.384 e. The number of rotatable bonds is 6. The third kappa shape index (κ3) is 3.79. The Hall–Kier alpha value is -0.470. The van der Waals surface area contributed by atoms with Crippen molar-refractivity contribution < 1.29 is 14.6 Å². The van der Waals surface area contributed by atoms with E-state index in [-0.39, 0.29) is 6.04 Å². The minimum atomic E-state index is -0.985. The molecule has 1 aliphatic heterocycles. The van der Waals surface area contributed by atoms with E-state index < -0.39 is 5.60 Å². The number of morpholine rings is 1. The second-order valence-electron chi connectivity index (χ2n) is 5.26. The molecule has 0 saturated carbocycles. The van der Waals surface area contributed by atoms with Crippen molar-refractivity contribution in [2.24, 2.45) is 0 Å². The second-order valence-corrected chi connectivity index (χ2v) is 6.12. The van der Waals surface area contributed by atoms with Crippen LogP contribution in [-0.2, 0) is 21.6 Å². The van der Waals surface area contributed by atoms with E-state index in [1.165, 1.54) is 0 Å². The first-order valence-electron chi connectivity index (χ1n) is 6.79. The molecular formula is C13H22BrN3O3. The van der Waals surface area contributed by atoms with Crippen molar-refractivity contribution >= 4 is 15.9 Å². The van der Waals surface area contributed by atoms with E-state index in [2.05, 4.69) is 26.3 Å². The first kappa shape index (κ1) is 15.9. The fraction of sp³-hybridized carbons (Fsp3) is 0.769. The lowest BCUT2D eigenvalue weighted by molar-refractivity contribution is -0.00353. The lowest BCUT2D eigenvalue weighted by atomic mass is 9.93. The summed E-state index contributed by atoms with van der Waals surface area (Å²) >= 11 is 3.47. The fourth-order valence-corrected chi connectivity index (χ4v) is 3.30. The maximum absolute atomic E-state index is 10.9. The van der Waals surface area contributed by atoms with Gasteiger partial charge in [-0.05, 0) is 29.3 Å². The van der Waals surface area contributed by atoms with Gasteiger partial charge in [-0.1, -0.05) is 0 Å². The molecule has 114 valence electrons. The van der Waals surface area contributed by atoms with E-state index in [1.54, 1.807) is 18.0 Å². The average molecular weight is 348 g/mol. The van der Waals surface area contributed by atoms with Crippen molar-refractivity contribution in [3.05, 3.63) is 16.4 Å². The SMILES string of the molecule is COCCn1ncc(Br)c1C(C)(O)CC1COCCN1. The highest BCUT2D eigenvalue weighted by Gasteiger charge is 2.33. The number of nitrogens with one attached hydrogen (secondary N) is 1. The summed E-state index contributed by atoms with van der Waals surface area (Å²) in [5.74, 6) is 0. The van der Waals surface area contributed by atoms with Crippen LogP contribution in [0.25, 0.3) is 0 Å². The van der Waals surface area contributed by atoms with Crippen LogP contribution in [0.4, 0.5) is 0 Å². The van der Waals surface area contributed by atoms with E-state index >= 15 is 0 Å². The third-order valence-corrected chi connectivity index (χ3v) is 4.03. The van der Waals surface area contributed by atoms with Gasteiger partial charge in [-0.3, -0.25) is 4.68 Å². The van der Waals surface area contributed by atoms with Gasteiger partial charge in [-0.2, -0.15) is 5.10 Å². The Labute approximate surface area is 127 Å². The zero-order chi connectivity index (χ0) is 14.6. The summed E-state index contributed by atoms with van der Waals surface area (Å²) < 4.78 is 13.1. The Morgan fingerprint density at radius 3 is 3.15 bits per heavy atom. The van der Waals surface area contributed by atoms with Crippen LogP contribution in [-0.4, -0.2) is 54.4 Å². The molecule has 1 fully saturated rings. The number of hydrogen-bond acceptors (Lipinski definition) is 5. The topological polar surface area (TPSA) is 68.5 Å². The number of aliphatic hydroxyl groups is 1. The van der Waals surface area contributed by atoms with Gasteiger partial charge in [0.05, 0.1) is 42.7 Å². The van der Waals surface area contributed by atoms with Gasteiger partial charge in [0.15, 0.2) is 0 Å². The summed E-state index contributed by atoms with van der Waals surface area (Å²) in [7, 11) is 1.65. The molecule has 1 aliphatic rings. The molecule has 1 aromatic heterocycles. The van der Waals surface area contributed by atoms with Crippen molar-refractivity contribution in [2.75, 3.05) is 33.5 Å². The van der Waals surface area contributed by atoms with E-state index in [1.807, 2.05) is 6.92 Å². The average Bonchev–Trinajstić information content (AvgIpc) is 2.79. The van der Waals surface area contributed by atoms with Crippen LogP contribution in [0.3, 0.4) is 0 Å². The van der Waals surface area contributed by atoms with Gasteiger partial charge in [-0.15, -0.1) is 0 Å². The highest BCUT2D eigenvalue weighted by atomic mass is 79.9. The monoisotopic (exact) mass is 347 g/mol. The highest BCUT2D eigenvalue weighted by molar-refractivity contribution is 9.10. The normalized spacial score (nSPS) is 22.7. The van der Waals surface area contributed by atoms with Crippen molar-refractivity contribution in [3.8, 4) is 0 Å². The molecule has 0 bridgehead atoms. The molecule has 0 spiro atoms. The predicted octanol–water partition coefficient (Wildman–Crippen LogP) is 0.878. The van der Waals surface area contributed by atoms with Gasteiger partial charge in [0, 0.05) is 19.7 Å². The molecule has 0 radical (unpaired) electrons. The Balaban J connectivity index is 2.12. The van der Waals surface area contributed by atoms with Crippen molar-refractivity contribution in [2.45, 2.75) is 31.5 Å². The number of aromatic nitrogens is 2. The highest BCUT2D eigenvalue weighted by Crippen LogP contribution is 2.32. The number of nitrogens with zero attached hydrogens (tertiary/aromatic N) is 2. The van der Waals surface area contributed by atoms with Gasteiger partial charge < -0.3 is 19.9 Å². The van der Waals surface area contributed by atoms with Gasteiger partial charge in [0.2, 0.25) is 0 Å². The number of hydrogen-bond donors (Lipinski definition) is 2. The lowest BCUT2D eigenvalue weighted by Gasteiger charge is -2.32. The van der Waals surface area contributed by atoms with Crippen LogP contribution in [0, 0.1) is 0 Å². The molecular weight excluding hydrogens is 326 g/mol. The molecule has 0 aromatic carbocycles. The second kappa shape index (κ2) is 7.00. The van der Waals surface area contributed by atoms with Crippen LogP contribution < -0.4 is 5.32 Å². The summed E-state index contributed by atoms with van der Waals surface area (Å²) in [6.45, 7) is 5.16. The van der Waals surface area contributed by atoms with Gasteiger partial charge in [-0.25, -0.2) is 0 Å². The molecule has 7 heteroatoms. The summed E-state index contributed by atoms with van der Waals surface area (Å²) in [5, 5.41) is 18.5. The summed E-state index contributed by atoms with van der Waals surface area (Å²) in [4.78, 5) is 0. The molecule has 2 N–H and O–H groups in total. The maximum atomic E-state index is 10.9. The van der Waals surface area contributed by atoms with Gasteiger partial charge in [0.1, 0.15) is 5.60 Å². The smallest absolute Gasteiger partial charge is 0.106 e. The van der Waals surface area contributed by atoms with Crippen LogP contribution in [0.2, 0.25) is 0 Å². The quantitative estimate of drug-likeness (QED) is 0.799. The molecule has 1 saturated heterocycles. The summed E-state index contributed by atoms with van der Waals surface area (Å²) in [5.41, 5.74) is -0.205. The first-order chi connectivity index (χ1) is 9.54. The molecule has 6 nitrogen and oxygen atoms in total. The van der Waals surface area contributed by atoms with Gasteiger partial charge in [0.25, 0.3) is 0 Å². The number of ether oxygens (including phenoxy) is 2. The molecule has 0 amide bonds. The lowest BCUT2D eigenvalue weighted by Crippen LogP contribution is -2.45. The van der Waals surface area contributed by atoms with Crippen molar-refractivity contribution in [1.29, 1.82) is 0 Å². The van der Waals surface area contributed by atoms with E-state index in [4.69, 9.17) is 9.47 Å². The molecule has 2 unspecified atom stereocenters. The zero-order valence-electron chi connectivity index (χ0n) is 11.9. The van der Waals surface area contributed by atoms with Crippen LogP contribution in [0.15, 0.2) is 10.7 Å². The maximum Gasteiger partial charge on any atom is 0.106 e.